The fourth-order valence-corrected chi connectivity index (χ4v) is 2.94. The van der Waals surface area contributed by atoms with Crippen LogP contribution < -0.4 is 5.73 Å². The number of nitrogens with two attached hydrogens (primary N) is 1. The van der Waals surface area contributed by atoms with Gasteiger partial charge in [-0.2, -0.15) is 5.10 Å². The Morgan fingerprint density at radius 2 is 2.33 bits per heavy atom. The summed E-state index contributed by atoms with van der Waals surface area (Å²) in [6.45, 7) is 4.83. The molecule has 6 heteroatoms. The van der Waals surface area contributed by atoms with Crippen molar-refractivity contribution in [3.05, 3.63) is 16.4 Å². The molecule has 100 valence electrons. The van der Waals surface area contributed by atoms with Gasteiger partial charge in [0.15, 0.2) is 0 Å². The minimum absolute atomic E-state index is 0.338. The molecule has 1 aromatic rings. The van der Waals surface area contributed by atoms with E-state index in [-0.39, 0.29) is 0 Å². The van der Waals surface area contributed by atoms with Gasteiger partial charge in [-0.1, -0.05) is 23.8 Å². The molecule has 1 saturated heterocycles. The largest absolute Gasteiger partial charge is 0.393 e. The molecule has 0 amide bonds. The van der Waals surface area contributed by atoms with Gasteiger partial charge in [-0.05, 0) is 26.3 Å². The second kappa shape index (κ2) is 5.55. The lowest BCUT2D eigenvalue weighted by Gasteiger charge is -2.32. The fraction of sp³-hybridized carbons (Fsp3) is 0.667. The lowest BCUT2D eigenvalue weighted by Crippen LogP contribution is -2.40. The van der Waals surface area contributed by atoms with Crippen molar-refractivity contribution >= 4 is 28.8 Å². The molecule has 1 fully saturated rings. The standard InChI is InChI=1S/C12H19ClN4S/c1-8-10(11(13)16(2)15-8)7-17-5-3-4-9(6-17)12(14)18/h9H,3-7H2,1-2H3,(H2,14,18). The zero-order chi connectivity index (χ0) is 13.3. The second-order valence-corrected chi connectivity index (χ2v) is 5.78. The van der Waals surface area contributed by atoms with Crippen molar-refractivity contribution in [1.82, 2.24) is 14.7 Å². The molecular formula is C12H19ClN4S. The van der Waals surface area contributed by atoms with Crippen molar-refractivity contribution in [3.63, 3.8) is 0 Å². The second-order valence-electron chi connectivity index (χ2n) is 4.96. The summed E-state index contributed by atoms with van der Waals surface area (Å²) in [5.41, 5.74) is 7.86. The van der Waals surface area contributed by atoms with Gasteiger partial charge < -0.3 is 5.73 Å². The highest BCUT2D eigenvalue weighted by Crippen LogP contribution is 2.24. The van der Waals surface area contributed by atoms with E-state index in [1.54, 1.807) is 4.68 Å². The number of nitrogens with zero attached hydrogens (tertiary/aromatic N) is 3. The van der Waals surface area contributed by atoms with E-state index >= 15 is 0 Å². The summed E-state index contributed by atoms with van der Waals surface area (Å²) in [6, 6.07) is 0. The van der Waals surface area contributed by atoms with Gasteiger partial charge >= 0.3 is 0 Å². The van der Waals surface area contributed by atoms with E-state index < -0.39 is 0 Å². The van der Waals surface area contributed by atoms with Crippen LogP contribution in [0.2, 0.25) is 5.15 Å². The summed E-state index contributed by atoms with van der Waals surface area (Å²) in [7, 11) is 1.87. The molecule has 1 atom stereocenters. The molecule has 2 heterocycles. The Balaban J connectivity index is 2.07. The van der Waals surface area contributed by atoms with Crippen LogP contribution in [0.3, 0.4) is 0 Å². The van der Waals surface area contributed by atoms with Crippen molar-refractivity contribution in [2.24, 2.45) is 18.7 Å². The summed E-state index contributed by atoms with van der Waals surface area (Å²) >= 11 is 11.4. The van der Waals surface area contributed by atoms with Crippen LogP contribution in [-0.4, -0.2) is 32.8 Å². The number of hydrogen-bond acceptors (Lipinski definition) is 3. The quantitative estimate of drug-likeness (QED) is 0.862. The summed E-state index contributed by atoms with van der Waals surface area (Å²) < 4.78 is 1.72. The number of aromatic nitrogens is 2. The third-order valence-corrected chi connectivity index (χ3v) is 4.37. The van der Waals surface area contributed by atoms with Gasteiger partial charge in [0, 0.05) is 31.6 Å². The molecule has 1 aromatic heterocycles. The third kappa shape index (κ3) is 2.84. The Morgan fingerprint density at radius 3 is 2.89 bits per heavy atom. The van der Waals surface area contributed by atoms with Crippen LogP contribution in [0.15, 0.2) is 0 Å². The summed E-state index contributed by atoms with van der Waals surface area (Å²) in [6.07, 6.45) is 2.24. The average Bonchev–Trinajstić information content (AvgIpc) is 2.56. The molecule has 0 bridgehead atoms. The maximum absolute atomic E-state index is 6.26. The maximum Gasteiger partial charge on any atom is 0.131 e. The first kappa shape index (κ1) is 13.8. The van der Waals surface area contributed by atoms with E-state index in [2.05, 4.69) is 10.00 Å². The zero-order valence-corrected chi connectivity index (χ0v) is 12.4. The fourth-order valence-electron chi connectivity index (χ4n) is 2.51. The first-order chi connectivity index (χ1) is 8.49. The molecule has 1 unspecified atom stereocenters. The molecule has 1 aliphatic heterocycles. The lowest BCUT2D eigenvalue weighted by molar-refractivity contribution is 0.197. The number of hydrogen-bond donors (Lipinski definition) is 1. The smallest absolute Gasteiger partial charge is 0.131 e. The molecule has 2 N–H and O–H groups in total. The minimum atomic E-state index is 0.338. The number of likely N-dealkylation sites (tertiary alicyclic amines) is 1. The van der Waals surface area contributed by atoms with E-state index in [9.17, 15) is 0 Å². The molecule has 2 rings (SSSR count). The molecule has 0 saturated carbocycles. The molecule has 0 spiro atoms. The van der Waals surface area contributed by atoms with Crippen LogP contribution in [0.4, 0.5) is 0 Å². The van der Waals surface area contributed by atoms with Crippen molar-refractivity contribution in [3.8, 4) is 0 Å². The predicted molar refractivity (Wildman–Crippen MR) is 77.7 cm³/mol. The minimum Gasteiger partial charge on any atom is -0.393 e. The third-order valence-electron chi connectivity index (χ3n) is 3.56. The average molecular weight is 287 g/mol. The maximum atomic E-state index is 6.26. The van der Waals surface area contributed by atoms with Gasteiger partial charge in [0.25, 0.3) is 0 Å². The molecular weight excluding hydrogens is 268 g/mol. The highest BCUT2D eigenvalue weighted by Gasteiger charge is 2.23. The molecule has 0 aliphatic carbocycles. The Hall–Kier alpha value is -0.650. The molecule has 18 heavy (non-hydrogen) atoms. The van der Waals surface area contributed by atoms with Crippen molar-refractivity contribution in [1.29, 1.82) is 0 Å². The normalized spacial score (nSPS) is 21.2. The van der Waals surface area contributed by atoms with Gasteiger partial charge in [0.2, 0.25) is 0 Å². The van der Waals surface area contributed by atoms with Gasteiger partial charge in [-0.15, -0.1) is 0 Å². The number of rotatable bonds is 3. The number of piperidine rings is 1. The monoisotopic (exact) mass is 286 g/mol. The van der Waals surface area contributed by atoms with Gasteiger partial charge in [0.1, 0.15) is 5.15 Å². The lowest BCUT2D eigenvalue weighted by atomic mass is 9.98. The predicted octanol–water partition coefficient (Wildman–Crippen LogP) is 1.88. The summed E-state index contributed by atoms with van der Waals surface area (Å²) in [4.78, 5) is 3.00. The Morgan fingerprint density at radius 1 is 1.61 bits per heavy atom. The van der Waals surface area contributed by atoms with Crippen molar-refractivity contribution in [2.45, 2.75) is 26.3 Å². The first-order valence-electron chi connectivity index (χ1n) is 6.18. The van der Waals surface area contributed by atoms with E-state index in [1.165, 1.54) is 0 Å². The van der Waals surface area contributed by atoms with Crippen LogP contribution in [-0.2, 0) is 13.6 Å². The van der Waals surface area contributed by atoms with Gasteiger partial charge in [0.05, 0.1) is 10.7 Å². The first-order valence-corrected chi connectivity index (χ1v) is 6.97. The van der Waals surface area contributed by atoms with Crippen LogP contribution in [0.5, 0.6) is 0 Å². The molecule has 0 radical (unpaired) electrons. The van der Waals surface area contributed by atoms with Crippen LogP contribution >= 0.6 is 23.8 Å². The Bertz CT molecular complexity index is 457. The van der Waals surface area contributed by atoms with Gasteiger partial charge in [-0.3, -0.25) is 9.58 Å². The SMILES string of the molecule is Cc1nn(C)c(Cl)c1CN1CCCC(C(N)=S)C1. The van der Waals surface area contributed by atoms with Crippen LogP contribution in [0.25, 0.3) is 0 Å². The summed E-state index contributed by atoms with van der Waals surface area (Å²) in [5.74, 6) is 0.338. The van der Waals surface area contributed by atoms with Crippen molar-refractivity contribution < 1.29 is 0 Å². The van der Waals surface area contributed by atoms with E-state index in [4.69, 9.17) is 29.6 Å². The molecule has 4 nitrogen and oxygen atoms in total. The Kier molecular flexibility index (Phi) is 4.25. The van der Waals surface area contributed by atoms with Crippen LogP contribution in [0, 0.1) is 12.8 Å². The molecule has 0 aromatic carbocycles. The van der Waals surface area contributed by atoms with Crippen LogP contribution in [0.1, 0.15) is 24.1 Å². The van der Waals surface area contributed by atoms with E-state index in [0.29, 0.717) is 10.9 Å². The number of thiocarbonyl (C=S) groups is 1. The van der Waals surface area contributed by atoms with Gasteiger partial charge in [-0.25, -0.2) is 0 Å². The zero-order valence-electron chi connectivity index (χ0n) is 10.8. The Labute approximate surface area is 118 Å². The van der Waals surface area contributed by atoms with E-state index in [1.807, 2.05) is 14.0 Å². The van der Waals surface area contributed by atoms with Crippen molar-refractivity contribution in [2.75, 3.05) is 13.1 Å². The topological polar surface area (TPSA) is 47.1 Å². The number of aryl methyl sites for hydroxylation is 2. The molecule has 1 aliphatic rings. The van der Waals surface area contributed by atoms with E-state index in [0.717, 1.165) is 48.9 Å². The summed E-state index contributed by atoms with van der Waals surface area (Å²) in [5, 5.41) is 5.06. The number of halogens is 1. The highest BCUT2D eigenvalue weighted by atomic mass is 35.5. The highest BCUT2D eigenvalue weighted by molar-refractivity contribution is 7.80.